The van der Waals surface area contributed by atoms with Gasteiger partial charge in [0, 0.05) is 6.07 Å². The van der Waals surface area contributed by atoms with Gasteiger partial charge < -0.3 is 4.74 Å². The van der Waals surface area contributed by atoms with Gasteiger partial charge in [0.05, 0.1) is 15.8 Å². The third-order valence-corrected chi connectivity index (χ3v) is 2.62. The van der Waals surface area contributed by atoms with Gasteiger partial charge in [0.15, 0.2) is 0 Å². The molecule has 0 fully saturated rings. The van der Waals surface area contributed by atoms with Crippen molar-refractivity contribution in [3.63, 3.8) is 0 Å². The predicted octanol–water partition coefficient (Wildman–Crippen LogP) is 2.43. The number of hydrogen-bond donors (Lipinski definition) is 0. The Labute approximate surface area is 75.1 Å². The van der Waals surface area contributed by atoms with Crippen LogP contribution in [0.5, 0.6) is 5.06 Å². The van der Waals surface area contributed by atoms with Crippen LogP contribution in [0, 0.1) is 10.1 Å². The molecule has 0 unspecified atom stereocenters. The van der Waals surface area contributed by atoms with Gasteiger partial charge in [-0.15, -0.1) is 0 Å². The summed E-state index contributed by atoms with van der Waals surface area (Å²) in [6.45, 7) is 0. The van der Waals surface area contributed by atoms with E-state index in [1.807, 2.05) is 0 Å². The second-order valence-electron chi connectivity index (χ2n) is 1.68. The third kappa shape index (κ3) is 1.69. The first kappa shape index (κ1) is 8.48. The minimum Gasteiger partial charge on any atom is -0.482 e. The second-order valence-corrected chi connectivity index (χ2v) is 4.08. The standard InChI is InChI=1S/C5H4BrNO3S/c1-10-5-3(7(8)9)2-4(6)11-5/h2H,1H3. The molecule has 0 amide bonds. The van der Waals surface area contributed by atoms with E-state index < -0.39 is 4.92 Å². The molecular formula is C5H4BrNO3S. The molecule has 0 aliphatic heterocycles. The summed E-state index contributed by atoms with van der Waals surface area (Å²) >= 11 is 4.32. The van der Waals surface area contributed by atoms with Crippen LogP contribution in [0.15, 0.2) is 9.85 Å². The summed E-state index contributed by atoms with van der Waals surface area (Å²) in [6.07, 6.45) is 0. The highest BCUT2D eigenvalue weighted by atomic mass is 79.9. The maximum Gasteiger partial charge on any atom is 0.323 e. The molecule has 0 aliphatic carbocycles. The maximum atomic E-state index is 10.3. The van der Waals surface area contributed by atoms with E-state index in [0.717, 1.165) is 0 Å². The minimum absolute atomic E-state index is 0.00405. The van der Waals surface area contributed by atoms with E-state index in [0.29, 0.717) is 8.85 Å². The van der Waals surface area contributed by atoms with Gasteiger partial charge in [-0.25, -0.2) is 0 Å². The van der Waals surface area contributed by atoms with Crippen LogP contribution >= 0.6 is 27.3 Å². The number of hydrogen-bond acceptors (Lipinski definition) is 4. The summed E-state index contributed by atoms with van der Waals surface area (Å²) in [5, 5.41) is 10.6. The van der Waals surface area contributed by atoms with Crippen molar-refractivity contribution in [1.82, 2.24) is 0 Å². The van der Waals surface area contributed by atoms with Gasteiger partial charge in [0.1, 0.15) is 0 Å². The average molecular weight is 238 g/mol. The van der Waals surface area contributed by atoms with E-state index in [9.17, 15) is 10.1 Å². The lowest BCUT2D eigenvalue weighted by Crippen LogP contribution is -1.88. The monoisotopic (exact) mass is 237 g/mol. The zero-order valence-electron chi connectivity index (χ0n) is 5.54. The summed E-state index contributed by atoms with van der Waals surface area (Å²) < 4.78 is 5.47. The molecular weight excluding hydrogens is 234 g/mol. The molecule has 60 valence electrons. The summed E-state index contributed by atoms with van der Waals surface area (Å²) in [7, 11) is 1.41. The SMILES string of the molecule is COc1sc(Br)cc1[N+](=O)[O-]. The van der Waals surface area contributed by atoms with Crippen molar-refractivity contribution in [3.8, 4) is 5.06 Å². The molecule has 0 atom stereocenters. The van der Waals surface area contributed by atoms with Crippen LogP contribution in [0.1, 0.15) is 0 Å². The van der Waals surface area contributed by atoms with Crippen LogP contribution in [0.4, 0.5) is 5.69 Å². The van der Waals surface area contributed by atoms with Crippen molar-refractivity contribution < 1.29 is 9.66 Å². The van der Waals surface area contributed by atoms with Gasteiger partial charge in [-0.2, -0.15) is 0 Å². The van der Waals surface area contributed by atoms with E-state index in [1.165, 1.54) is 24.5 Å². The number of halogens is 1. The Hall–Kier alpha value is -0.620. The summed E-state index contributed by atoms with van der Waals surface area (Å²) in [6, 6.07) is 1.42. The van der Waals surface area contributed by atoms with Crippen molar-refractivity contribution in [2.45, 2.75) is 0 Å². The quantitative estimate of drug-likeness (QED) is 0.587. The molecule has 4 nitrogen and oxygen atoms in total. The Morgan fingerprint density at radius 2 is 2.45 bits per heavy atom. The number of nitrogens with zero attached hydrogens (tertiary/aromatic N) is 1. The Morgan fingerprint density at radius 3 is 2.82 bits per heavy atom. The van der Waals surface area contributed by atoms with E-state index in [-0.39, 0.29) is 5.69 Å². The molecule has 1 aromatic heterocycles. The van der Waals surface area contributed by atoms with Crippen LogP contribution in [0.3, 0.4) is 0 Å². The molecule has 0 bridgehead atoms. The second kappa shape index (κ2) is 3.19. The maximum absolute atomic E-state index is 10.3. The number of nitro groups is 1. The highest BCUT2D eigenvalue weighted by Gasteiger charge is 2.18. The molecule has 0 spiro atoms. The lowest BCUT2D eigenvalue weighted by Gasteiger charge is -1.91. The van der Waals surface area contributed by atoms with Gasteiger partial charge >= 0.3 is 5.69 Å². The zero-order valence-corrected chi connectivity index (χ0v) is 7.94. The highest BCUT2D eigenvalue weighted by molar-refractivity contribution is 9.11. The first-order valence-electron chi connectivity index (χ1n) is 2.63. The molecule has 0 saturated carbocycles. The van der Waals surface area contributed by atoms with Crippen LogP contribution in [0.2, 0.25) is 0 Å². The van der Waals surface area contributed by atoms with Gasteiger partial charge in [-0.1, -0.05) is 11.3 Å². The first-order valence-corrected chi connectivity index (χ1v) is 4.24. The lowest BCUT2D eigenvalue weighted by molar-refractivity contribution is -0.385. The molecule has 0 N–H and O–H groups in total. The molecule has 0 saturated heterocycles. The third-order valence-electron chi connectivity index (χ3n) is 1.03. The van der Waals surface area contributed by atoms with Crippen LogP contribution in [-0.4, -0.2) is 12.0 Å². The fourth-order valence-corrected chi connectivity index (χ4v) is 1.94. The van der Waals surface area contributed by atoms with Gasteiger partial charge in [0.2, 0.25) is 0 Å². The fraction of sp³-hybridized carbons (Fsp3) is 0.200. The largest absolute Gasteiger partial charge is 0.482 e. The predicted molar refractivity (Wildman–Crippen MR) is 45.2 cm³/mol. The Bertz CT molecular complexity index is 285. The van der Waals surface area contributed by atoms with Crippen LogP contribution < -0.4 is 4.74 Å². The number of rotatable bonds is 2. The summed E-state index contributed by atoms with van der Waals surface area (Å²) in [5.41, 5.74) is 0.00405. The normalized spacial score (nSPS) is 9.64. The van der Waals surface area contributed by atoms with Crippen molar-refractivity contribution in [1.29, 1.82) is 0 Å². The van der Waals surface area contributed by atoms with E-state index in [2.05, 4.69) is 15.9 Å². The van der Waals surface area contributed by atoms with Crippen molar-refractivity contribution in [3.05, 3.63) is 20.0 Å². The molecule has 11 heavy (non-hydrogen) atoms. The lowest BCUT2D eigenvalue weighted by atomic mass is 10.5. The Balaban J connectivity index is 3.12. The first-order chi connectivity index (χ1) is 5.15. The Morgan fingerprint density at radius 1 is 1.82 bits per heavy atom. The van der Waals surface area contributed by atoms with Gasteiger partial charge in [-0.05, 0) is 15.9 Å². The van der Waals surface area contributed by atoms with E-state index in [1.54, 1.807) is 0 Å². The van der Waals surface area contributed by atoms with Gasteiger partial charge in [-0.3, -0.25) is 10.1 Å². The van der Waals surface area contributed by atoms with Crippen LogP contribution in [0.25, 0.3) is 0 Å². The highest BCUT2D eigenvalue weighted by Crippen LogP contribution is 2.39. The van der Waals surface area contributed by atoms with Gasteiger partial charge in [0.25, 0.3) is 5.06 Å². The fourth-order valence-electron chi connectivity index (χ4n) is 0.610. The number of ether oxygens (including phenoxy) is 1. The molecule has 0 radical (unpaired) electrons. The van der Waals surface area contributed by atoms with E-state index in [4.69, 9.17) is 4.74 Å². The minimum atomic E-state index is -0.472. The molecule has 1 rings (SSSR count). The molecule has 1 aromatic rings. The average Bonchev–Trinajstić information content (AvgIpc) is 2.30. The van der Waals surface area contributed by atoms with Crippen molar-refractivity contribution >= 4 is 33.0 Å². The molecule has 6 heteroatoms. The smallest absolute Gasteiger partial charge is 0.323 e. The molecule has 0 aliphatic rings. The van der Waals surface area contributed by atoms with Crippen molar-refractivity contribution in [2.75, 3.05) is 7.11 Å². The summed E-state index contributed by atoms with van der Waals surface area (Å²) in [5.74, 6) is 0. The topological polar surface area (TPSA) is 52.4 Å². The number of thiophene rings is 1. The molecule has 0 aromatic carbocycles. The Kier molecular flexibility index (Phi) is 2.45. The molecule has 1 heterocycles. The number of methoxy groups -OCH3 is 1. The summed E-state index contributed by atoms with van der Waals surface area (Å²) in [4.78, 5) is 9.83. The van der Waals surface area contributed by atoms with Crippen molar-refractivity contribution in [2.24, 2.45) is 0 Å². The van der Waals surface area contributed by atoms with Crippen LogP contribution in [-0.2, 0) is 0 Å². The van der Waals surface area contributed by atoms with E-state index >= 15 is 0 Å². The zero-order chi connectivity index (χ0) is 8.43.